The molecule has 1 aliphatic heterocycles. The second-order valence-electron chi connectivity index (χ2n) is 5.18. The predicted molar refractivity (Wildman–Crippen MR) is 76.4 cm³/mol. The van der Waals surface area contributed by atoms with Crippen molar-refractivity contribution in [3.63, 3.8) is 0 Å². The van der Waals surface area contributed by atoms with Crippen molar-refractivity contribution in [1.29, 1.82) is 0 Å². The molecule has 4 nitrogen and oxygen atoms in total. The van der Waals surface area contributed by atoms with E-state index in [-0.39, 0.29) is 0 Å². The predicted octanol–water partition coefficient (Wildman–Crippen LogP) is 2.75. The highest BCUT2D eigenvalue weighted by molar-refractivity contribution is 5.57. The quantitative estimate of drug-likeness (QED) is 0.914. The van der Waals surface area contributed by atoms with Crippen LogP contribution in [0.4, 0.5) is 5.69 Å². The van der Waals surface area contributed by atoms with Gasteiger partial charge in [-0.2, -0.15) is 0 Å². The molecular formula is C15H20N4. The lowest BCUT2D eigenvalue weighted by molar-refractivity contribution is 0.596. The van der Waals surface area contributed by atoms with Gasteiger partial charge in [-0.25, -0.2) is 0 Å². The van der Waals surface area contributed by atoms with Crippen LogP contribution in [0.3, 0.4) is 0 Å². The molecular weight excluding hydrogens is 236 g/mol. The van der Waals surface area contributed by atoms with Gasteiger partial charge in [-0.1, -0.05) is 25.1 Å². The van der Waals surface area contributed by atoms with Crippen molar-refractivity contribution in [2.75, 3.05) is 11.9 Å². The van der Waals surface area contributed by atoms with Crippen LogP contribution in [0.25, 0.3) is 0 Å². The Bertz CT molecular complexity index is 573. The third-order valence-electron chi connectivity index (χ3n) is 3.83. The summed E-state index contributed by atoms with van der Waals surface area (Å²) in [5.74, 6) is 2.65. The maximum absolute atomic E-state index is 4.36. The lowest BCUT2D eigenvalue weighted by Gasteiger charge is -2.11. The summed E-state index contributed by atoms with van der Waals surface area (Å²) in [5.41, 5.74) is 2.68. The van der Waals surface area contributed by atoms with Crippen LogP contribution < -0.4 is 5.32 Å². The molecule has 0 fully saturated rings. The van der Waals surface area contributed by atoms with Gasteiger partial charge >= 0.3 is 0 Å². The van der Waals surface area contributed by atoms with Gasteiger partial charge in [-0.05, 0) is 25.0 Å². The number of aromatic nitrogens is 3. The van der Waals surface area contributed by atoms with E-state index in [9.17, 15) is 0 Å². The minimum absolute atomic E-state index is 0.510. The molecule has 0 bridgehead atoms. The molecule has 0 aliphatic carbocycles. The van der Waals surface area contributed by atoms with Gasteiger partial charge in [-0.15, -0.1) is 10.2 Å². The molecule has 3 rings (SSSR count). The molecule has 19 heavy (non-hydrogen) atoms. The number of benzene rings is 1. The fraction of sp³-hybridized carbons (Fsp3) is 0.467. The van der Waals surface area contributed by atoms with E-state index in [1.165, 1.54) is 11.3 Å². The van der Waals surface area contributed by atoms with Crippen molar-refractivity contribution in [3.8, 4) is 0 Å². The van der Waals surface area contributed by atoms with Gasteiger partial charge in [0.05, 0.1) is 0 Å². The second-order valence-corrected chi connectivity index (χ2v) is 5.18. The van der Waals surface area contributed by atoms with Gasteiger partial charge in [0, 0.05) is 31.1 Å². The third kappa shape index (κ3) is 2.23. The van der Waals surface area contributed by atoms with Gasteiger partial charge < -0.3 is 9.88 Å². The zero-order chi connectivity index (χ0) is 13.2. The summed E-state index contributed by atoms with van der Waals surface area (Å²) in [6, 6.07) is 8.56. The first-order chi connectivity index (χ1) is 9.29. The number of para-hydroxylation sites is 1. The fourth-order valence-corrected chi connectivity index (χ4v) is 2.85. The molecule has 0 amide bonds. The zero-order valence-electron chi connectivity index (χ0n) is 11.6. The Labute approximate surface area is 113 Å². The monoisotopic (exact) mass is 256 g/mol. The van der Waals surface area contributed by atoms with Crippen LogP contribution in [-0.2, 0) is 13.0 Å². The van der Waals surface area contributed by atoms with E-state index in [1.807, 2.05) is 6.92 Å². The van der Waals surface area contributed by atoms with Crippen molar-refractivity contribution in [2.45, 2.75) is 39.2 Å². The molecule has 1 aromatic carbocycles. The zero-order valence-corrected chi connectivity index (χ0v) is 11.6. The number of fused-ring (bicyclic) bond motifs is 1. The molecule has 4 heteroatoms. The summed E-state index contributed by atoms with van der Waals surface area (Å²) in [5, 5.41) is 12.1. The first-order valence-electron chi connectivity index (χ1n) is 7.01. The Hall–Kier alpha value is -1.84. The summed E-state index contributed by atoms with van der Waals surface area (Å²) < 4.78 is 2.25. The molecule has 1 aliphatic rings. The number of hydrogen-bond acceptors (Lipinski definition) is 3. The lowest BCUT2D eigenvalue weighted by atomic mass is 9.97. The Morgan fingerprint density at radius 2 is 2.16 bits per heavy atom. The van der Waals surface area contributed by atoms with Crippen molar-refractivity contribution in [3.05, 3.63) is 41.5 Å². The molecule has 1 aromatic heterocycles. The number of aryl methyl sites for hydroxylation is 1. The van der Waals surface area contributed by atoms with Gasteiger partial charge in [0.2, 0.25) is 0 Å². The largest absolute Gasteiger partial charge is 0.384 e. The standard InChI is InChI=1S/C15H20N4/c1-3-8-19-11(2)17-18-15(19)9-12-10-16-14-7-5-4-6-13(12)14/h4-7,12,16H,3,8-10H2,1-2H3. The lowest BCUT2D eigenvalue weighted by Crippen LogP contribution is -2.12. The van der Waals surface area contributed by atoms with Crippen LogP contribution in [0.2, 0.25) is 0 Å². The van der Waals surface area contributed by atoms with Crippen LogP contribution in [-0.4, -0.2) is 21.3 Å². The maximum Gasteiger partial charge on any atom is 0.133 e. The van der Waals surface area contributed by atoms with Crippen molar-refractivity contribution in [2.24, 2.45) is 0 Å². The van der Waals surface area contributed by atoms with Crippen LogP contribution in [0.1, 0.15) is 36.5 Å². The third-order valence-corrected chi connectivity index (χ3v) is 3.83. The minimum Gasteiger partial charge on any atom is -0.384 e. The first kappa shape index (κ1) is 12.2. The van der Waals surface area contributed by atoms with E-state index in [2.05, 4.69) is 51.3 Å². The number of nitrogens with zero attached hydrogens (tertiary/aromatic N) is 3. The Kier molecular flexibility index (Phi) is 3.23. The van der Waals surface area contributed by atoms with E-state index < -0.39 is 0 Å². The van der Waals surface area contributed by atoms with Crippen LogP contribution in [0, 0.1) is 6.92 Å². The summed E-state index contributed by atoms with van der Waals surface area (Å²) >= 11 is 0. The normalized spacial score (nSPS) is 17.3. The number of nitrogens with one attached hydrogen (secondary N) is 1. The average Bonchev–Trinajstić information content (AvgIpc) is 2.98. The highest BCUT2D eigenvalue weighted by Crippen LogP contribution is 2.33. The first-order valence-corrected chi connectivity index (χ1v) is 7.01. The Morgan fingerprint density at radius 3 is 3.00 bits per heavy atom. The van der Waals surface area contributed by atoms with E-state index in [0.717, 1.165) is 37.6 Å². The summed E-state index contributed by atoms with van der Waals surface area (Å²) in [6.45, 7) is 6.23. The van der Waals surface area contributed by atoms with Gasteiger partial charge in [0.1, 0.15) is 11.6 Å². The van der Waals surface area contributed by atoms with Gasteiger partial charge in [0.15, 0.2) is 0 Å². The van der Waals surface area contributed by atoms with Crippen LogP contribution in [0.15, 0.2) is 24.3 Å². The average molecular weight is 256 g/mol. The Morgan fingerprint density at radius 1 is 1.32 bits per heavy atom. The molecule has 0 radical (unpaired) electrons. The molecule has 0 saturated carbocycles. The van der Waals surface area contributed by atoms with Crippen molar-refractivity contribution >= 4 is 5.69 Å². The molecule has 0 spiro atoms. The van der Waals surface area contributed by atoms with Gasteiger partial charge in [0.25, 0.3) is 0 Å². The molecule has 1 unspecified atom stereocenters. The summed E-state index contributed by atoms with van der Waals surface area (Å²) in [7, 11) is 0. The van der Waals surface area contributed by atoms with E-state index >= 15 is 0 Å². The van der Waals surface area contributed by atoms with Gasteiger partial charge in [-0.3, -0.25) is 0 Å². The van der Waals surface area contributed by atoms with E-state index in [0.29, 0.717) is 5.92 Å². The molecule has 1 atom stereocenters. The fourth-order valence-electron chi connectivity index (χ4n) is 2.85. The summed E-state index contributed by atoms with van der Waals surface area (Å²) in [4.78, 5) is 0. The SMILES string of the molecule is CCCn1c(C)nnc1CC1CNc2ccccc21. The van der Waals surface area contributed by atoms with E-state index in [4.69, 9.17) is 0 Å². The van der Waals surface area contributed by atoms with Crippen LogP contribution in [0.5, 0.6) is 0 Å². The number of hydrogen-bond donors (Lipinski definition) is 1. The number of anilines is 1. The van der Waals surface area contributed by atoms with Crippen LogP contribution >= 0.6 is 0 Å². The minimum atomic E-state index is 0.510. The topological polar surface area (TPSA) is 42.7 Å². The summed E-state index contributed by atoms with van der Waals surface area (Å²) in [6.07, 6.45) is 2.08. The van der Waals surface area contributed by atoms with Crippen molar-refractivity contribution < 1.29 is 0 Å². The molecule has 100 valence electrons. The Balaban J connectivity index is 1.83. The molecule has 0 saturated heterocycles. The van der Waals surface area contributed by atoms with Crippen molar-refractivity contribution in [1.82, 2.24) is 14.8 Å². The number of rotatable bonds is 4. The molecule has 2 aromatic rings. The second kappa shape index (κ2) is 5.03. The highest BCUT2D eigenvalue weighted by atomic mass is 15.3. The molecule has 1 N–H and O–H groups in total. The maximum atomic E-state index is 4.36. The smallest absolute Gasteiger partial charge is 0.133 e. The molecule has 2 heterocycles. The highest BCUT2D eigenvalue weighted by Gasteiger charge is 2.24. The van der Waals surface area contributed by atoms with E-state index in [1.54, 1.807) is 0 Å².